The molecule has 2 saturated heterocycles. The van der Waals surface area contributed by atoms with Gasteiger partial charge in [0.25, 0.3) is 0 Å². The molecule has 0 aromatic heterocycles. The predicted octanol–water partition coefficient (Wildman–Crippen LogP) is 5.92. The average molecular weight is 661 g/mol. The van der Waals surface area contributed by atoms with Crippen LogP contribution < -0.4 is 18.9 Å². The summed E-state index contributed by atoms with van der Waals surface area (Å²) in [6.45, 7) is 7.02. The lowest BCUT2D eigenvalue weighted by Crippen LogP contribution is -2.21. The minimum absolute atomic E-state index is 0.0620. The molecule has 4 aromatic rings. The fourth-order valence-electron chi connectivity index (χ4n) is 4.46. The molecule has 2 aliphatic rings. The van der Waals surface area contributed by atoms with Crippen LogP contribution in [0.3, 0.4) is 0 Å². The van der Waals surface area contributed by atoms with E-state index < -0.39 is 0 Å². The topological polar surface area (TPSA) is 80.4 Å². The Hall–Kier alpha value is -4.96. The summed E-state index contributed by atoms with van der Waals surface area (Å²) in [5, 5.41) is 0. The van der Waals surface area contributed by atoms with Gasteiger partial charge in [-0.2, -0.15) is 0 Å². The summed E-state index contributed by atoms with van der Waals surface area (Å²) in [6, 6.07) is 31.0. The largest absolute Gasteiger partial charge is 0.491 e. The van der Waals surface area contributed by atoms with Gasteiger partial charge >= 0.3 is 0 Å². The Kier molecular flexibility index (Phi) is 12.4. The van der Waals surface area contributed by atoms with Crippen molar-refractivity contribution in [1.82, 2.24) is 0 Å². The molecule has 252 valence electrons. The van der Waals surface area contributed by atoms with Crippen molar-refractivity contribution in [1.29, 1.82) is 0 Å². The molecule has 2 fully saturated rings. The van der Waals surface area contributed by atoms with Crippen LogP contribution in [0.4, 0.5) is 0 Å². The molecule has 0 amide bonds. The van der Waals surface area contributed by atoms with Crippen molar-refractivity contribution in [2.75, 3.05) is 59.5 Å². The third kappa shape index (κ3) is 12.5. The Morgan fingerprint density at radius 1 is 0.510 bits per heavy atom. The summed E-state index contributed by atoms with van der Waals surface area (Å²) in [5.41, 5.74) is 3.68. The van der Waals surface area contributed by atoms with Crippen molar-refractivity contribution in [2.45, 2.75) is 25.2 Å². The van der Waals surface area contributed by atoms with E-state index in [1.165, 1.54) is 0 Å². The van der Waals surface area contributed by atoms with E-state index in [-0.39, 0.29) is 18.3 Å². The average Bonchev–Trinajstić information content (AvgIpc) is 4.08. The van der Waals surface area contributed by atoms with Gasteiger partial charge in [0, 0.05) is 22.3 Å². The smallest absolute Gasteiger partial charge is 0.119 e. The fourth-order valence-corrected chi connectivity index (χ4v) is 4.46. The van der Waals surface area contributed by atoms with E-state index in [0.717, 1.165) is 58.5 Å². The highest BCUT2D eigenvalue weighted by Gasteiger charge is 2.23. The van der Waals surface area contributed by atoms with Gasteiger partial charge in [-0.1, -0.05) is 23.7 Å². The van der Waals surface area contributed by atoms with E-state index in [1.54, 1.807) is 0 Å². The van der Waals surface area contributed by atoms with E-state index in [0.29, 0.717) is 46.2 Å². The SMILES string of the molecule is CC(COCCOc1ccc(C#Cc2ccc(OCC3CO3)cc2)cc1)OCCOc1ccc(C#Cc2ccc(OCC3CO3)cc2)cc1. The first kappa shape index (κ1) is 33.9. The molecule has 0 N–H and O–H groups in total. The molecule has 3 unspecified atom stereocenters. The molecule has 8 heteroatoms. The molecule has 0 spiro atoms. The third-order valence-electron chi connectivity index (χ3n) is 7.40. The van der Waals surface area contributed by atoms with E-state index in [2.05, 4.69) is 23.7 Å². The van der Waals surface area contributed by atoms with Crippen molar-refractivity contribution < 1.29 is 37.9 Å². The number of epoxide rings is 2. The molecule has 2 heterocycles. The van der Waals surface area contributed by atoms with E-state index in [4.69, 9.17) is 37.9 Å². The minimum atomic E-state index is -0.0620. The molecule has 49 heavy (non-hydrogen) atoms. The Balaban J connectivity index is 0.796. The monoisotopic (exact) mass is 660 g/mol. The van der Waals surface area contributed by atoms with Crippen LogP contribution in [0.5, 0.6) is 23.0 Å². The van der Waals surface area contributed by atoms with Crippen LogP contribution in [0.1, 0.15) is 29.2 Å². The predicted molar refractivity (Wildman–Crippen MR) is 185 cm³/mol. The first-order chi connectivity index (χ1) is 24.1. The zero-order chi connectivity index (χ0) is 33.5. The van der Waals surface area contributed by atoms with E-state index in [9.17, 15) is 0 Å². The van der Waals surface area contributed by atoms with Crippen LogP contribution in [0.25, 0.3) is 0 Å². The van der Waals surface area contributed by atoms with Gasteiger partial charge in [0.1, 0.15) is 61.6 Å². The number of rotatable bonds is 17. The van der Waals surface area contributed by atoms with Crippen LogP contribution >= 0.6 is 0 Å². The van der Waals surface area contributed by atoms with Gasteiger partial charge in [0.15, 0.2) is 0 Å². The van der Waals surface area contributed by atoms with Crippen molar-refractivity contribution >= 4 is 0 Å². The maximum absolute atomic E-state index is 5.82. The molecule has 0 aliphatic carbocycles. The number of ether oxygens (including phenoxy) is 8. The molecule has 2 aliphatic heterocycles. The van der Waals surface area contributed by atoms with E-state index in [1.807, 2.05) is 104 Å². The maximum atomic E-state index is 5.82. The van der Waals surface area contributed by atoms with Gasteiger partial charge < -0.3 is 37.9 Å². The van der Waals surface area contributed by atoms with Crippen molar-refractivity contribution in [3.63, 3.8) is 0 Å². The Morgan fingerprint density at radius 2 is 0.857 bits per heavy atom. The minimum Gasteiger partial charge on any atom is -0.491 e. The molecular formula is C41H40O8. The second-order valence-corrected chi connectivity index (χ2v) is 11.6. The van der Waals surface area contributed by atoms with Crippen LogP contribution in [0.15, 0.2) is 97.1 Å². The molecule has 3 atom stereocenters. The van der Waals surface area contributed by atoms with Gasteiger partial charge in [0.2, 0.25) is 0 Å². The maximum Gasteiger partial charge on any atom is 0.119 e. The lowest BCUT2D eigenvalue weighted by Gasteiger charge is -2.14. The van der Waals surface area contributed by atoms with Gasteiger partial charge in [-0.05, 0) is 104 Å². The summed E-state index contributed by atoms with van der Waals surface area (Å²) in [5.74, 6) is 15.9. The van der Waals surface area contributed by atoms with Crippen LogP contribution in [0.2, 0.25) is 0 Å². The van der Waals surface area contributed by atoms with Gasteiger partial charge in [-0.15, -0.1) is 0 Å². The summed E-state index contributed by atoms with van der Waals surface area (Å²) < 4.78 is 44.8. The summed E-state index contributed by atoms with van der Waals surface area (Å²) in [6.07, 6.45) is 0.426. The normalized spacial score (nSPS) is 16.3. The molecule has 0 radical (unpaired) electrons. The van der Waals surface area contributed by atoms with Crippen molar-refractivity contribution in [3.8, 4) is 46.7 Å². The highest BCUT2D eigenvalue weighted by atomic mass is 16.6. The zero-order valence-electron chi connectivity index (χ0n) is 27.6. The molecule has 6 rings (SSSR count). The van der Waals surface area contributed by atoms with Gasteiger partial charge in [-0.3, -0.25) is 0 Å². The molecule has 4 aromatic carbocycles. The Labute approximate surface area is 288 Å². The molecule has 8 nitrogen and oxygen atoms in total. The number of benzene rings is 4. The first-order valence-corrected chi connectivity index (χ1v) is 16.5. The second-order valence-electron chi connectivity index (χ2n) is 11.6. The fraction of sp³-hybridized carbons (Fsp3) is 0.317. The van der Waals surface area contributed by atoms with Crippen molar-refractivity contribution in [3.05, 3.63) is 119 Å². The van der Waals surface area contributed by atoms with Crippen molar-refractivity contribution in [2.24, 2.45) is 0 Å². The zero-order valence-corrected chi connectivity index (χ0v) is 27.6. The highest BCUT2D eigenvalue weighted by molar-refractivity contribution is 5.46. The molecular weight excluding hydrogens is 620 g/mol. The lowest BCUT2D eigenvalue weighted by atomic mass is 10.2. The quantitative estimate of drug-likeness (QED) is 0.0785. The summed E-state index contributed by atoms with van der Waals surface area (Å²) in [7, 11) is 0. The lowest BCUT2D eigenvalue weighted by molar-refractivity contribution is -0.0208. The third-order valence-corrected chi connectivity index (χ3v) is 7.40. The van der Waals surface area contributed by atoms with Crippen LogP contribution in [0, 0.1) is 23.7 Å². The van der Waals surface area contributed by atoms with Gasteiger partial charge in [0.05, 0.1) is 39.1 Å². The Bertz CT molecular complexity index is 1700. The van der Waals surface area contributed by atoms with Gasteiger partial charge in [-0.25, -0.2) is 0 Å². The molecule has 0 bridgehead atoms. The molecule has 0 saturated carbocycles. The van der Waals surface area contributed by atoms with Crippen LogP contribution in [-0.4, -0.2) is 77.8 Å². The summed E-state index contributed by atoms with van der Waals surface area (Å²) in [4.78, 5) is 0. The number of hydrogen-bond acceptors (Lipinski definition) is 8. The highest BCUT2D eigenvalue weighted by Crippen LogP contribution is 2.18. The van der Waals surface area contributed by atoms with Crippen LogP contribution in [-0.2, 0) is 18.9 Å². The Morgan fingerprint density at radius 3 is 1.22 bits per heavy atom. The van der Waals surface area contributed by atoms with E-state index >= 15 is 0 Å². The second kappa shape index (κ2) is 18.0. The standard InChI is InChI=1S/C41H40O8/c1-31(43-24-25-45-37-16-8-33(9-17-37)3-5-35-12-20-39(21-13-35)47-28-41-30-49-41)26-42-22-23-44-36-14-6-32(7-15-36)2-4-34-10-18-38(19-11-34)46-27-40-29-48-40/h6-21,31,40-41H,22-30H2,1H3. The number of hydrogen-bond donors (Lipinski definition) is 0. The summed E-state index contributed by atoms with van der Waals surface area (Å²) >= 11 is 0. The first-order valence-electron chi connectivity index (χ1n) is 16.5.